The van der Waals surface area contributed by atoms with E-state index in [2.05, 4.69) is 10.6 Å². The number of rotatable bonds is 9. The Morgan fingerprint density at radius 3 is 2.40 bits per heavy atom. The highest BCUT2D eigenvalue weighted by molar-refractivity contribution is 5.84. The van der Waals surface area contributed by atoms with Crippen LogP contribution in [-0.4, -0.2) is 43.2 Å². The highest BCUT2D eigenvalue weighted by Crippen LogP contribution is 2.30. The van der Waals surface area contributed by atoms with Crippen molar-refractivity contribution in [2.24, 2.45) is 17.6 Å². The molecule has 0 aromatic carbocycles. The number of nitrogens with two attached hydrogens (primary N) is 1. The van der Waals surface area contributed by atoms with Crippen LogP contribution in [0.3, 0.4) is 0 Å². The normalized spacial score (nSPS) is 22.4. The smallest absolute Gasteiger partial charge is 0.307 e. The third-order valence-corrected chi connectivity index (χ3v) is 3.83. The largest absolute Gasteiger partial charge is 0.481 e. The number of hydrogen-bond donors (Lipinski definition) is 4. The average Bonchev–Trinajstić information content (AvgIpc) is 2.46. The Hall–Kier alpha value is -1.14. The predicted molar refractivity (Wildman–Crippen MR) is 77.3 cm³/mol. The van der Waals surface area contributed by atoms with Crippen LogP contribution in [0.25, 0.3) is 0 Å². The zero-order valence-electron chi connectivity index (χ0n) is 12.1. The van der Waals surface area contributed by atoms with Crippen LogP contribution >= 0.6 is 0 Å². The standard InChI is InChI=1S/C14H27N3O3/c15-7-3-4-8-16-9-10-17-13(18)11-5-1-2-6-12(11)14(19)20/h11-12,16H,1-10,15H2,(H,17,18)(H,19,20). The lowest BCUT2D eigenvalue weighted by atomic mass is 9.79. The highest BCUT2D eigenvalue weighted by Gasteiger charge is 2.35. The molecule has 1 amide bonds. The van der Waals surface area contributed by atoms with Crippen LogP contribution in [0.4, 0.5) is 0 Å². The van der Waals surface area contributed by atoms with Gasteiger partial charge in [0.1, 0.15) is 0 Å². The Morgan fingerprint density at radius 2 is 1.75 bits per heavy atom. The van der Waals surface area contributed by atoms with Crippen LogP contribution in [0.2, 0.25) is 0 Å². The molecule has 1 saturated carbocycles. The second-order valence-corrected chi connectivity index (χ2v) is 5.37. The molecular weight excluding hydrogens is 258 g/mol. The Bertz CT molecular complexity index is 310. The molecule has 0 aliphatic heterocycles. The minimum absolute atomic E-state index is 0.110. The Morgan fingerprint density at radius 1 is 1.05 bits per heavy atom. The van der Waals surface area contributed by atoms with Crippen molar-refractivity contribution in [1.29, 1.82) is 0 Å². The van der Waals surface area contributed by atoms with Gasteiger partial charge in [0.25, 0.3) is 0 Å². The van der Waals surface area contributed by atoms with Crippen molar-refractivity contribution >= 4 is 11.9 Å². The monoisotopic (exact) mass is 285 g/mol. The molecule has 0 aromatic rings. The van der Waals surface area contributed by atoms with E-state index in [0.29, 0.717) is 32.5 Å². The molecule has 20 heavy (non-hydrogen) atoms. The van der Waals surface area contributed by atoms with Crippen LogP contribution in [-0.2, 0) is 9.59 Å². The van der Waals surface area contributed by atoms with Crippen molar-refractivity contribution in [2.45, 2.75) is 38.5 Å². The van der Waals surface area contributed by atoms with Gasteiger partial charge >= 0.3 is 5.97 Å². The number of carbonyl (C=O) groups excluding carboxylic acids is 1. The molecule has 1 aliphatic carbocycles. The molecule has 0 aromatic heterocycles. The van der Waals surface area contributed by atoms with Gasteiger partial charge in [-0.05, 0) is 38.8 Å². The van der Waals surface area contributed by atoms with Crippen LogP contribution < -0.4 is 16.4 Å². The molecule has 0 heterocycles. The van der Waals surface area contributed by atoms with E-state index in [1.165, 1.54) is 0 Å². The van der Waals surface area contributed by atoms with Gasteiger partial charge in [0.2, 0.25) is 5.91 Å². The average molecular weight is 285 g/mol. The van der Waals surface area contributed by atoms with Gasteiger partial charge in [-0.1, -0.05) is 12.8 Å². The number of aliphatic carboxylic acids is 1. The molecule has 0 spiro atoms. The highest BCUT2D eigenvalue weighted by atomic mass is 16.4. The van der Waals surface area contributed by atoms with Gasteiger partial charge in [0.05, 0.1) is 11.8 Å². The van der Waals surface area contributed by atoms with E-state index in [-0.39, 0.29) is 11.8 Å². The summed E-state index contributed by atoms with van der Waals surface area (Å²) in [5.74, 6) is -1.83. The molecule has 1 fully saturated rings. The predicted octanol–water partition coefficient (Wildman–Crippen LogP) is 0.322. The third-order valence-electron chi connectivity index (χ3n) is 3.83. The van der Waals surface area contributed by atoms with E-state index >= 15 is 0 Å². The van der Waals surface area contributed by atoms with Crippen molar-refractivity contribution in [1.82, 2.24) is 10.6 Å². The van der Waals surface area contributed by atoms with Crippen LogP contribution in [0.5, 0.6) is 0 Å². The second kappa shape index (κ2) is 9.72. The first-order valence-electron chi connectivity index (χ1n) is 7.58. The molecule has 1 aliphatic rings. The van der Waals surface area contributed by atoms with Gasteiger partial charge < -0.3 is 21.5 Å². The Labute approximate surface area is 120 Å². The quantitative estimate of drug-likeness (QED) is 0.457. The van der Waals surface area contributed by atoms with Crippen molar-refractivity contribution in [3.05, 3.63) is 0 Å². The van der Waals surface area contributed by atoms with Gasteiger partial charge in [-0.2, -0.15) is 0 Å². The summed E-state index contributed by atoms with van der Waals surface area (Å²) in [5.41, 5.74) is 5.40. The minimum Gasteiger partial charge on any atom is -0.481 e. The molecule has 0 bridgehead atoms. The lowest BCUT2D eigenvalue weighted by Crippen LogP contribution is -2.42. The maximum Gasteiger partial charge on any atom is 0.307 e. The number of unbranched alkanes of at least 4 members (excludes halogenated alkanes) is 1. The SMILES string of the molecule is NCCCCNCCNC(=O)C1CCCCC1C(=O)O. The molecule has 6 heteroatoms. The van der Waals surface area contributed by atoms with Gasteiger partial charge in [-0.3, -0.25) is 9.59 Å². The van der Waals surface area contributed by atoms with Crippen LogP contribution in [0, 0.1) is 11.8 Å². The fraction of sp³-hybridized carbons (Fsp3) is 0.857. The molecule has 6 nitrogen and oxygen atoms in total. The van der Waals surface area contributed by atoms with E-state index < -0.39 is 11.9 Å². The van der Waals surface area contributed by atoms with E-state index in [1.54, 1.807) is 0 Å². The van der Waals surface area contributed by atoms with Gasteiger partial charge in [0, 0.05) is 13.1 Å². The van der Waals surface area contributed by atoms with E-state index in [1.807, 2.05) is 0 Å². The van der Waals surface area contributed by atoms with E-state index in [9.17, 15) is 9.59 Å². The summed E-state index contributed by atoms with van der Waals surface area (Å²) in [6, 6.07) is 0. The molecule has 2 atom stereocenters. The van der Waals surface area contributed by atoms with Crippen molar-refractivity contribution in [3.8, 4) is 0 Å². The topological polar surface area (TPSA) is 104 Å². The summed E-state index contributed by atoms with van der Waals surface area (Å²) in [6.45, 7) is 2.86. The van der Waals surface area contributed by atoms with Gasteiger partial charge in [0.15, 0.2) is 0 Å². The first kappa shape index (κ1) is 16.9. The number of carboxylic acids is 1. The first-order chi connectivity index (χ1) is 9.66. The van der Waals surface area contributed by atoms with Crippen molar-refractivity contribution < 1.29 is 14.7 Å². The summed E-state index contributed by atoms with van der Waals surface area (Å²) >= 11 is 0. The first-order valence-corrected chi connectivity index (χ1v) is 7.58. The summed E-state index contributed by atoms with van der Waals surface area (Å²) < 4.78 is 0. The fourth-order valence-electron chi connectivity index (χ4n) is 2.66. The molecule has 2 unspecified atom stereocenters. The summed E-state index contributed by atoms with van der Waals surface area (Å²) in [5, 5.41) is 15.2. The third kappa shape index (κ3) is 5.88. The fourth-order valence-corrected chi connectivity index (χ4v) is 2.66. The van der Waals surface area contributed by atoms with Crippen molar-refractivity contribution in [3.63, 3.8) is 0 Å². The zero-order chi connectivity index (χ0) is 14.8. The molecule has 0 radical (unpaired) electrons. The number of carboxylic acid groups (broad SMARTS) is 1. The molecular formula is C14H27N3O3. The minimum atomic E-state index is -0.843. The second-order valence-electron chi connectivity index (χ2n) is 5.37. The van der Waals surface area contributed by atoms with Crippen LogP contribution in [0.15, 0.2) is 0 Å². The number of carbonyl (C=O) groups is 2. The van der Waals surface area contributed by atoms with E-state index in [4.69, 9.17) is 10.8 Å². The number of nitrogens with one attached hydrogen (secondary N) is 2. The van der Waals surface area contributed by atoms with E-state index in [0.717, 1.165) is 32.2 Å². The van der Waals surface area contributed by atoms with Crippen LogP contribution in [0.1, 0.15) is 38.5 Å². The maximum absolute atomic E-state index is 12.0. The number of amides is 1. The van der Waals surface area contributed by atoms with Crippen molar-refractivity contribution in [2.75, 3.05) is 26.2 Å². The summed E-state index contributed by atoms with van der Waals surface area (Å²) in [7, 11) is 0. The zero-order valence-corrected chi connectivity index (χ0v) is 12.1. The molecule has 116 valence electrons. The number of hydrogen-bond acceptors (Lipinski definition) is 4. The lowest BCUT2D eigenvalue weighted by molar-refractivity contribution is -0.148. The summed E-state index contributed by atoms with van der Waals surface area (Å²) in [6.07, 6.45) is 5.19. The molecule has 1 rings (SSSR count). The van der Waals surface area contributed by atoms with Gasteiger partial charge in [-0.15, -0.1) is 0 Å². The Balaban J connectivity index is 2.19. The molecule has 5 N–H and O–H groups in total. The molecule has 0 saturated heterocycles. The Kier molecular flexibility index (Phi) is 8.22. The summed E-state index contributed by atoms with van der Waals surface area (Å²) in [4.78, 5) is 23.2. The lowest BCUT2D eigenvalue weighted by Gasteiger charge is -2.27. The maximum atomic E-state index is 12.0. The van der Waals surface area contributed by atoms with Gasteiger partial charge in [-0.25, -0.2) is 0 Å².